The molecule has 2 heterocycles. The van der Waals surface area contributed by atoms with Gasteiger partial charge >= 0.3 is 0 Å². The third-order valence-corrected chi connectivity index (χ3v) is 26.1. The van der Waals surface area contributed by atoms with Crippen molar-refractivity contribution in [1.29, 1.82) is 0 Å². The van der Waals surface area contributed by atoms with Crippen LogP contribution in [0.2, 0.25) is 39.3 Å². The topological polar surface area (TPSA) is 32.8 Å². The van der Waals surface area contributed by atoms with Crippen molar-refractivity contribution in [3.05, 3.63) is 230 Å². The zero-order valence-electron chi connectivity index (χ0n) is 42.0. The molecular weight excluding hydrogens is 921 g/mol. The van der Waals surface area contributed by atoms with E-state index in [4.69, 9.17) is 8.83 Å². The fraction of sp³-hybridized carbons (Fsp3) is 0.104. The van der Waals surface area contributed by atoms with Gasteiger partial charge in [0.15, 0.2) is 0 Å². The first kappa shape index (κ1) is 43.6. The van der Waals surface area contributed by atoms with Gasteiger partial charge in [-0.1, -0.05) is 161 Å². The van der Waals surface area contributed by atoms with E-state index < -0.39 is 16.1 Å². The Morgan fingerprint density at radius 3 is 1.26 bits per heavy atom. The third-order valence-electron chi connectivity index (χ3n) is 16.1. The largest absolute Gasteiger partial charge is 0.456 e. The van der Waals surface area contributed by atoms with Crippen molar-refractivity contribution in [3.8, 4) is 11.1 Å². The molecule has 2 aromatic heterocycles. The van der Waals surface area contributed by atoms with Gasteiger partial charge in [0.1, 0.15) is 22.3 Å². The lowest BCUT2D eigenvalue weighted by atomic mass is 9.91. The van der Waals surface area contributed by atoms with Gasteiger partial charge in [0.05, 0.1) is 16.1 Å². The Morgan fingerprint density at radius 2 is 0.726 bits per heavy atom. The average molecular weight is 975 g/mol. The minimum Gasteiger partial charge on any atom is -0.456 e. The van der Waals surface area contributed by atoms with Gasteiger partial charge in [-0.15, -0.1) is 0 Å². The van der Waals surface area contributed by atoms with E-state index in [1.807, 2.05) is 12.1 Å². The lowest BCUT2D eigenvalue weighted by Crippen LogP contribution is -2.63. The van der Waals surface area contributed by atoms with Crippen LogP contribution in [0.3, 0.4) is 0 Å². The number of anilines is 6. The number of nitrogens with zero attached hydrogens (tertiary/aromatic N) is 2. The van der Waals surface area contributed by atoms with Crippen LogP contribution in [0.4, 0.5) is 34.1 Å². The quantitative estimate of drug-likeness (QED) is 0.112. The molecule has 0 saturated heterocycles. The summed E-state index contributed by atoms with van der Waals surface area (Å²) in [5, 5.41) is 12.4. The first-order valence-electron chi connectivity index (χ1n) is 25.6. The molecular formula is C67H54N2O2Si2. The van der Waals surface area contributed by atoms with Gasteiger partial charge in [0.25, 0.3) is 0 Å². The minimum atomic E-state index is -2.18. The number of furan rings is 2. The summed E-state index contributed by atoms with van der Waals surface area (Å²) in [6, 6.07) is 80.2. The maximum absolute atomic E-state index is 6.50. The second-order valence-electron chi connectivity index (χ2n) is 22.1. The Balaban J connectivity index is 0.990. The van der Waals surface area contributed by atoms with Gasteiger partial charge in [-0.3, -0.25) is 0 Å². The van der Waals surface area contributed by atoms with Crippen LogP contribution in [-0.2, 0) is 4.66 Å². The third kappa shape index (κ3) is 6.36. The summed E-state index contributed by atoms with van der Waals surface area (Å²) in [4.78, 5) is 4.77. The van der Waals surface area contributed by atoms with Gasteiger partial charge in [-0.05, 0) is 140 Å². The molecule has 73 heavy (non-hydrogen) atoms. The minimum absolute atomic E-state index is 0.146. The molecule has 1 aliphatic carbocycles. The molecule has 13 aromatic rings. The van der Waals surface area contributed by atoms with Gasteiger partial charge in [0.2, 0.25) is 0 Å². The normalized spacial score (nSPS) is 13.5. The number of rotatable bonds is 8. The highest BCUT2D eigenvalue weighted by Gasteiger charge is 2.60. The molecule has 0 spiro atoms. The molecule has 11 aromatic carbocycles. The van der Waals surface area contributed by atoms with Gasteiger partial charge in [-0.25, -0.2) is 0 Å². The Morgan fingerprint density at radius 1 is 0.301 bits per heavy atom. The second kappa shape index (κ2) is 15.9. The van der Waals surface area contributed by atoms with E-state index in [0.29, 0.717) is 0 Å². The zero-order valence-corrected chi connectivity index (χ0v) is 44.0. The van der Waals surface area contributed by atoms with Gasteiger partial charge < -0.3 is 18.6 Å². The molecule has 0 radical (unpaired) electrons. The van der Waals surface area contributed by atoms with E-state index in [1.165, 1.54) is 54.6 Å². The van der Waals surface area contributed by atoms with Crippen molar-refractivity contribution in [2.75, 3.05) is 9.80 Å². The first-order chi connectivity index (χ1) is 35.5. The zero-order chi connectivity index (χ0) is 49.4. The molecule has 0 bridgehead atoms. The Labute approximate surface area is 427 Å². The lowest BCUT2D eigenvalue weighted by Gasteiger charge is -2.52. The predicted molar refractivity (Wildman–Crippen MR) is 316 cm³/mol. The van der Waals surface area contributed by atoms with Crippen LogP contribution in [-0.4, -0.2) is 16.1 Å². The number of fused-ring (bicyclic) bond motifs is 16. The van der Waals surface area contributed by atoms with Crippen molar-refractivity contribution < 1.29 is 8.83 Å². The molecule has 0 fully saturated rings. The summed E-state index contributed by atoms with van der Waals surface area (Å²) >= 11 is 0. The number of hydrogen-bond donors (Lipinski definition) is 0. The summed E-state index contributed by atoms with van der Waals surface area (Å²) in [6.45, 7) is 15.9. The van der Waals surface area contributed by atoms with Crippen molar-refractivity contribution in [2.24, 2.45) is 0 Å². The van der Waals surface area contributed by atoms with E-state index in [0.717, 1.165) is 78.0 Å². The highest BCUT2D eigenvalue weighted by atomic mass is 28.4. The van der Waals surface area contributed by atoms with Gasteiger partial charge in [0, 0.05) is 72.5 Å². The highest BCUT2D eigenvalue weighted by Crippen LogP contribution is 2.63. The number of benzene rings is 11. The van der Waals surface area contributed by atoms with Crippen molar-refractivity contribution in [2.45, 2.75) is 43.9 Å². The van der Waals surface area contributed by atoms with Crippen LogP contribution in [0.15, 0.2) is 227 Å². The Kier molecular flexibility index (Phi) is 9.51. The fourth-order valence-corrected chi connectivity index (χ4v) is 26.6. The molecule has 6 heteroatoms. The van der Waals surface area contributed by atoms with Crippen LogP contribution in [0.25, 0.3) is 87.3 Å². The fourth-order valence-electron chi connectivity index (χ4n) is 13.6. The van der Waals surface area contributed by atoms with Gasteiger partial charge in [-0.2, -0.15) is 0 Å². The van der Waals surface area contributed by atoms with Crippen molar-refractivity contribution in [3.63, 3.8) is 0 Å². The summed E-state index contributed by atoms with van der Waals surface area (Å²) in [7, 11) is -4.35. The summed E-state index contributed by atoms with van der Waals surface area (Å²) in [5.41, 5.74) is 16.0. The maximum atomic E-state index is 6.50. The highest BCUT2D eigenvalue weighted by molar-refractivity contribution is 7.00. The first-order valence-corrected chi connectivity index (χ1v) is 32.6. The second-order valence-corrected chi connectivity index (χ2v) is 33.1. The summed E-state index contributed by atoms with van der Waals surface area (Å²) in [5.74, 6) is 0. The summed E-state index contributed by atoms with van der Waals surface area (Å²) in [6.07, 6.45) is 0. The standard InChI is InChI=1S/C67H54N2O2Si2/c1-72(2,3)67(73(4,5)6)65-50-35-30-46(68(44-19-9-7-10-20-44)48-31-36-54-52-24-15-17-27-60(52)70-62(54)41-48)39-43(50)29-34-58(65)64-56-26-14-13-23-51(56)59-40-47(33-38-57(59)66(64)67)69(45-21-11-8-12-22-45)49-32-37-55-53-25-16-18-28-61(53)71-63(55)42-49/h7-42H,1-6H3. The predicted octanol–water partition coefficient (Wildman–Crippen LogP) is 19.9. The van der Waals surface area contributed by atoms with E-state index in [9.17, 15) is 0 Å². The lowest BCUT2D eigenvalue weighted by molar-refractivity contribution is 0.668. The molecule has 0 aliphatic heterocycles. The Bertz CT molecular complexity index is 4360. The molecule has 1 aliphatic rings. The molecule has 0 saturated carbocycles. The maximum Gasteiger partial charge on any atom is 0.137 e. The molecule has 4 nitrogen and oxygen atoms in total. The monoisotopic (exact) mass is 974 g/mol. The van der Waals surface area contributed by atoms with E-state index in [1.54, 1.807) is 0 Å². The van der Waals surface area contributed by atoms with Crippen LogP contribution in [0.5, 0.6) is 0 Å². The van der Waals surface area contributed by atoms with E-state index in [2.05, 4.69) is 255 Å². The van der Waals surface area contributed by atoms with Crippen LogP contribution in [0.1, 0.15) is 11.1 Å². The van der Waals surface area contributed by atoms with E-state index >= 15 is 0 Å². The van der Waals surface area contributed by atoms with Crippen LogP contribution in [0, 0.1) is 0 Å². The molecule has 352 valence electrons. The van der Waals surface area contributed by atoms with Crippen LogP contribution < -0.4 is 9.80 Å². The SMILES string of the molecule is C[Si](C)(C)C1([Si](C)(C)C)c2c(ccc3cc(N(c4ccccc4)c4ccc5c(c4)oc4ccccc45)ccc23)-c2c1c1ccc(N(c3ccccc3)c3ccc4c(c3)oc3ccccc34)cc1c1ccccc21. The molecule has 0 atom stereocenters. The van der Waals surface area contributed by atoms with Crippen LogP contribution >= 0.6 is 0 Å². The van der Waals surface area contributed by atoms with Crippen molar-refractivity contribution in [1.82, 2.24) is 0 Å². The molecule has 14 rings (SSSR count). The number of hydrogen-bond acceptors (Lipinski definition) is 4. The Hall–Kier alpha value is -8.17. The molecule has 0 unspecified atom stereocenters. The average Bonchev–Trinajstić information content (AvgIpc) is 4.09. The smallest absolute Gasteiger partial charge is 0.137 e. The molecule has 0 N–H and O–H groups in total. The van der Waals surface area contributed by atoms with Crippen molar-refractivity contribution >= 4 is 126 Å². The summed E-state index contributed by atoms with van der Waals surface area (Å²) < 4.78 is 12.8. The van der Waals surface area contributed by atoms with E-state index in [-0.39, 0.29) is 4.66 Å². The number of para-hydroxylation sites is 4. The molecule has 0 amide bonds.